The maximum absolute atomic E-state index is 13.7. The number of methoxy groups -OCH3 is 1. The van der Waals surface area contributed by atoms with Gasteiger partial charge in [-0.15, -0.1) is 0 Å². The van der Waals surface area contributed by atoms with Gasteiger partial charge >= 0.3 is 0 Å². The third kappa shape index (κ3) is 5.64. The van der Waals surface area contributed by atoms with Gasteiger partial charge in [-0.3, -0.25) is 9.59 Å². The number of hydrogen-bond acceptors (Lipinski definition) is 5. The van der Waals surface area contributed by atoms with Crippen LogP contribution in [0.5, 0.6) is 11.5 Å². The summed E-state index contributed by atoms with van der Waals surface area (Å²) in [4.78, 5) is 29.9. The molecule has 7 nitrogen and oxygen atoms in total. The van der Waals surface area contributed by atoms with Crippen LogP contribution in [0.25, 0.3) is 0 Å². The van der Waals surface area contributed by atoms with E-state index in [0.29, 0.717) is 30.2 Å². The summed E-state index contributed by atoms with van der Waals surface area (Å²) in [5.74, 6) is 1.10. The third-order valence-corrected chi connectivity index (χ3v) is 5.89. The maximum atomic E-state index is 13.7. The lowest BCUT2D eigenvalue weighted by molar-refractivity contribution is -0.129. The lowest BCUT2D eigenvalue weighted by Crippen LogP contribution is -2.34. The van der Waals surface area contributed by atoms with E-state index in [-0.39, 0.29) is 23.7 Å². The van der Waals surface area contributed by atoms with Crippen molar-refractivity contribution < 1.29 is 19.1 Å². The Hall–Kier alpha value is -3.22. The molecule has 34 heavy (non-hydrogen) atoms. The molecule has 0 aromatic heterocycles. The minimum Gasteiger partial charge on any atom is -0.493 e. The van der Waals surface area contributed by atoms with Crippen molar-refractivity contribution in [3.8, 4) is 11.5 Å². The van der Waals surface area contributed by atoms with Gasteiger partial charge in [-0.2, -0.15) is 0 Å². The van der Waals surface area contributed by atoms with Crippen molar-refractivity contribution >= 4 is 17.5 Å². The molecule has 0 bridgehead atoms. The Kier molecular flexibility index (Phi) is 7.75. The number of hydrogen-bond donors (Lipinski definition) is 1. The summed E-state index contributed by atoms with van der Waals surface area (Å²) in [7, 11) is 5.06. The van der Waals surface area contributed by atoms with Gasteiger partial charge in [0.05, 0.1) is 31.7 Å². The van der Waals surface area contributed by atoms with Crippen molar-refractivity contribution in [3.05, 3.63) is 53.1 Å². The first-order valence-electron chi connectivity index (χ1n) is 11.7. The predicted octanol–water partition coefficient (Wildman–Crippen LogP) is 4.73. The van der Waals surface area contributed by atoms with Crippen molar-refractivity contribution in [1.29, 1.82) is 0 Å². The molecule has 2 aromatic rings. The van der Waals surface area contributed by atoms with Crippen LogP contribution in [0.2, 0.25) is 0 Å². The summed E-state index contributed by atoms with van der Waals surface area (Å²) in [6.45, 7) is 10.0. The fourth-order valence-corrected chi connectivity index (χ4v) is 4.07. The third-order valence-electron chi connectivity index (χ3n) is 5.89. The predicted molar refractivity (Wildman–Crippen MR) is 134 cm³/mol. The summed E-state index contributed by atoms with van der Waals surface area (Å²) in [6, 6.07) is 11.1. The van der Waals surface area contributed by atoms with Crippen molar-refractivity contribution in [2.24, 2.45) is 5.41 Å². The van der Waals surface area contributed by atoms with Gasteiger partial charge < -0.3 is 24.6 Å². The molecule has 1 aliphatic heterocycles. The number of carbonyl (C=O) groups excluding carboxylic acids is 2. The normalized spacial score (nSPS) is 14.0. The van der Waals surface area contributed by atoms with Crippen molar-refractivity contribution in [2.45, 2.75) is 46.7 Å². The highest BCUT2D eigenvalue weighted by atomic mass is 16.5. The van der Waals surface area contributed by atoms with E-state index in [4.69, 9.17) is 9.47 Å². The van der Waals surface area contributed by atoms with Crippen molar-refractivity contribution in [3.63, 3.8) is 0 Å². The van der Waals surface area contributed by atoms with Gasteiger partial charge in [0.2, 0.25) is 5.91 Å². The number of ether oxygens (including phenoxy) is 2. The Balaban J connectivity index is 2.00. The SMILES string of the molecule is CCOc1cc([C@H](CC(=O)N(C)C)N2Cc3cccc(NCC(C)(C)C)c3C2=O)ccc1OC. The quantitative estimate of drug-likeness (QED) is 0.577. The average molecular weight is 468 g/mol. The van der Waals surface area contributed by atoms with E-state index in [0.717, 1.165) is 23.4 Å². The molecule has 0 radical (unpaired) electrons. The summed E-state index contributed by atoms with van der Waals surface area (Å²) >= 11 is 0. The number of carbonyl (C=O) groups is 2. The summed E-state index contributed by atoms with van der Waals surface area (Å²) in [6.07, 6.45) is 0.176. The largest absolute Gasteiger partial charge is 0.493 e. The molecule has 184 valence electrons. The van der Waals surface area contributed by atoms with Gasteiger partial charge in [0, 0.05) is 32.9 Å². The van der Waals surface area contributed by atoms with E-state index in [2.05, 4.69) is 26.1 Å². The molecule has 1 aliphatic rings. The lowest BCUT2D eigenvalue weighted by atomic mass is 9.96. The number of nitrogens with zero attached hydrogens (tertiary/aromatic N) is 2. The monoisotopic (exact) mass is 467 g/mol. The standard InChI is InChI=1S/C27H37N3O4/c1-8-34-23-14-18(12-13-22(23)33-7)21(15-24(31)29(5)6)30-16-19-10-9-11-20(25(19)26(30)32)28-17-27(2,3)4/h9-14,21,28H,8,15-17H2,1-7H3/t21-/m0/s1. The molecule has 0 unspecified atom stereocenters. The van der Waals surface area contributed by atoms with Crippen LogP contribution in [0, 0.1) is 5.41 Å². The smallest absolute Gasteiger partial charge is 0.257 e. The van der Waals surface area contributed by atoms with E-state index >= 15 is 0 Å². The molecule has 0 fully saturated rings. The lowest BCUT2D eigenvalue weighted by Gasteiger charge is -2.29. The van der Waals surface area contributed by atoms with Crippen molar-refractivity contribution in [2.75, 3.05) is 39.7 Å². The van der Waals surface area contributed by atoms with Gasteiger partial charge in [-0.1, -0.05) is 39.0 Å². The Morgan fingerprint density at radius 3 is 2.53 bits per heavy atom. The number of anilines is 1. The second-order valence-corrected chi connectivity index (χ2v) is 10.0. The number of rotatable bonds is 9. The second kappa shape index (κ2) is 10.4. The van der Waals surface area contributed by atoms with Crippen LogP contribution in [0.4, 0.5) is 5.69 Å². The van der Waals surface area contributed by atoms with Gasteiger partial charge in [0.25, 0.3) is 5.91 Å². The van der Waals surface area contributed by atoms with Crippen LogP contribution >= 0.6 is 0 Å². The summed E-state index contributed by atoms with van der Waals surface area (Å²) in [5, 5.41) is 3.46. The maximum Gasteiger partial charge on any atom is 0.257 e. The topological polar surface area (TPSA) is 71.1 Å². The van der Waals surface area contributed by atoms with Crippen molar-refractivity contribution in [1.82, 2.24) is 9.80 Å². The summed E-state index contributed by atoms with van der Waals surface area (Å²) < 4.78 is 11.2. The number of amides is 2. The van der Waals surface area contributed by atoms with Crippen LogP contribution in [0.15, 0.2) is 36.4 Å². The highest BCUT2D eigenvalue weighted by molar-refractivity contribution is 6.04. The molecule has 0 aliphatic carbocycles. The van der Waals surface area contributed by atoms with Gasteiger partial charge in [0.15, 0.2) is 11.5 Å². The van der Waals surface area contributed by atoms with E-state index in [9.17, 15) is 9.59 Å². The fourth-order valence-electron chi connectivity index (χ4n) is 4.07. The Labute approximate surface area is 203 Å². The van der Waals surface area contributed by atoms with E-state index in [1.54, 1.807) is 31.0 Å². The Morgan fingerprint density at radius 2 is 1.91 bits per heavy atom. The first kappa shape index (κ1) is 25.4. The van der Waals surface area contributed by atoms with Gasteiger partial charge in [-0.25, -0.2) is 0 Å². The summed E-state index contributed by atoms with van der Waals surface area (Å²) in [5.41, 5.74) is 3.40. The minimum absolute atomic E-state index is 0.0476. The van der Waals surface area contributed by atoms with E-state index in [1.165, 1.54) is 0 Å². The molecule has 1 atom stereocenters. The van der Waals surface area contributed by atoms with Gasteiger partial charge in [0.1, 0.15) is 0 Å². The Morgan fingerprint density at radius 1 is 1.18 bits per heavy atom. The Bertz CT molecular complexity index is 1040. The first-order chi connectivity index (χ1) is 16.1. The van der Waals surface area contributed by atoms with E-state index < -0.39 is 6.04 Å². The highest BCUT2D eigenvalue weighted by Gasteiger charge is 2.37. The average Bonchev–Trinajstić information content (AvgIpc) is 3.12. The molecule has 1 N–H and O–H groups in total. The second-order valence-electron chi connectivity index (χ2n) is 10.0. The molecule has 2 amide bonds. The fraction of sp³-hybridized carbons (Fsp3) is 0.481. The zero-order valence-electron chi connectivity index (χ0n) is 21.4. The molecule has 0 saturated carbocycles. The zero-order valence-corrected chi connectivity index (χ0v) is 21.4. The molecular weight excluding hydrogens is 430 g/mol. The molecule has 2 aromatic carbocycles. The van der Waals surface area contributed by atoms with Crippen LogP contribution in [0.3, 0.4) is 0 Å². The molecule has 1 heterocycles. The van der Waals surface area contributed by atoms with Gasteiger partial charge in [-0.05, 0) is 41.7 Å². The molecule has 7 heteroatoms. The van der Waals surface area contributed by atoms with Crippen LogP contribution in [-0.4, -0.2) is 56.0 Å². The molecule has 0 saturated heterocycles. The molecular formula is C27H37N3O4. The number of nitrogens with one attached hydrogen (secondary N) is 1. The van der Waals surface area contributed by atoms with Crippen LogP contribution < -0.4 is 14.8 Å². The zero-order chi connectivity index (χ0) is 25.0. The number of benzene rings is 2. The minimum atomic E-state index is -0.435. The van der Waals surface area contributed by atoms with Crippen LogP contribution in [0.1, 0.15) is 61.6 Å². The van der Waals surface area contributed by atoms with Crippen LogP contribution in [-0.2, 0) is 11.3 Å². The van der Waals surface area contributed by atoms with E-state index in [1.807, 2.05) is 43.3 Å². The number of fused-ring (bicyclic) bond motifs is 1. The first-order valence-corrected chi connectivity index (χ1v) is 11.7. The highest BCUT2D eigenvalue weighted by Crippen LogP contribution is 2.39. The molecule has 3 rings (SSSR count). The molecule has 0 spiro atoms.